The van der Waals surface area contributed by atoms with Gasteiger partial charge in [-0.25, -0.2) is 0 Å². The molecule has 5 heteroatoms. The van der Waals surface area contributed by atoms with Crippen molar-refractivity contribution in [3.8, 4) is 0 Å². The van der Waals surface area contributed by atoms with Crippen molar-refractivity contribution in [1.29, 1.82) is 0 Å². The normalized spacial score (nSPS) is 22.8. The van der Waals surface area contributed by atoms with Gasteiger partial charge in [0, 0.05) is 0 Å². The molecule has 0 aromatic heterocycles. The molecule has 4 nitrogen and oxygen atoms in total. The minimum atomic E-state index is -2.99. The zero-order chi connectivity index (χ0) is 22.0. The molecule has 0 amide bonds. The quantitative estimate of drug-likeness (QED) is 0.252. The Kier molecular flexibility index (Phi) is 10.6. The van der Waals surface area contributed by atoms with Gasteiger partial charge in [-0.05, 0) is 0 Å². The molecule has 0 bridgehead atoms. The number of hydrogen-bond donors (Lipinski definition) is 1. The van der Waals surface area contributed by atoms with Gasteiger partial charge in [0.05, 0.1) is 0 Å². The number of aliphatic hydroxyl groups is 1. The Morgan fingerprint density at radius 3 is 2.10 bits per heavy atom. The van der Waals surface area contributed by atoms with Crippen LogP contribution in [0.4, 0.5) is 0 Å². The Labute approximate surface area is 187 Å². The molecule has 1 N–H and O–H groups in total. The van der Waals surface area contributed by atoms with Crippen molar-refractivity contribution in [3.05, 3.63) is 35.9 Å². The molecular weight excluding hydrogens is 483 g/mol. The van der Waals surface area contributed by atoms with Gasteiger partial charge >= 0.3 is 188 Å². The van der Waals surface area contributed by atoms with Crippen molar-refractivity contribution in [3.63, 3.8) is 0 Å². The summed E-state index contributed by atoms with van der Waals surface area (Å²) in [5.41, 5.74) is -0.179. The van der Waals surface area contributed by atoms with E-state index in [9.17, 15) is 9.90 Å². The molecule has 1 fully saturated rings. The van der Waals surface area contributed by atoms with Crippen LogP contribution in [0.15, 0.2) is 30.3 Å². The second-order valence-corrected chi connectivity index (χ2v) is 22.6. The first-order chi connectivity index (χ1) is 14.5. The second-order valence-electron chi connectivity index (χ2n) is 9.02. The number of hydrogen-bond acceptors (Lipinski definition) is 4. The Morgan fingerprint density at radius 2 is 1.63 bits per heavy atom. The van der Waals surface area contributed by atoms with E-state index in [-0.39, 0.29) is 10.1 Å². The van der Waals surface area contributed by atoms with Crippen molar-refractivity contribution in [2.75, 3.05) is 13.7 Å². The topological polar surface area (TPSA) is 55.8 Å². The van der Waals surface area contributed by atoms with E-state index in [4.69, 9.17) is 9.47 Å². The van der Waals surface area contributed by atoms with Crippen LogP contribution in [0.25, 0.3) is 0 Å². The number of methoxy groups -OCH3 is 1. The summed E-state index contributed by atoms with van der Waals surface area (Å²) in [6.07, 6.45) is 6.73. The third-order valence-corrected chi connectivity index (χ3v) is 23.8. The summed E-state index contributed by atoms with van der Waals surface area (Å²) in [5, 5.41) is 11.6. The van der Waals surface area contributed by atoms with E-state index in [0.29, 0.717) is 13.0 Å². The van der Waals surface area contributed by atoms with Gasteiger partial charge < -0.3 is 0 Å². The molecule has 1 aliphatic heterocycles. The molecule has 0 aliphatic carbocycles. The van der Waals surface area contributed by atoms with E-state index in [1.807, 2.05) is 30.3 Å². The second kappa shape index (κ2) is 12.4. The van der Waals surface area contributed by atoms with Crippen LogP contribution < -0.4 is 0 Å². The summed E-state index contributed by atoms with van der Waals surface area (Å²) < 4.78 is 15.5. The first-order valence-electron chi connectivity index (χ1n) is 11.9. The molecule has 3 atom stereocenters. The van der Waals surface area contributed by atoms with Crippen molar-refractivity contribution in [1.82, 2.24) is 0 Å². The van der Waals surface area contributed by atoms with Crippen molar-refractivity contribution >= 4 is 24.3 Å². The standard InChI is InChI=1S/C13H15O4.3C4H9.Sn/c1-16-12(15)13(7-8-17-9-13)11(14)10-5-3-2-4-6-10;3*1-3-4-2;/h2-6,9,11,14H,7-8H2,1H3;3*1,3-4H2,2H3;/t11-,13+;;;;/m0..../s1. The van der Waals surface area contributed by atoms with Crippen molar-refractivity contribution in [2.24, 2.45) is 5.41 Å². The van der Waals surface area contributed by atoms with Gasteiger partial charge in [0.2, 0.25) is 0 Å². The van der Waals surface area contributed by atoms with E-state index >= 15 is 0 Å². The van der Waals surface area contributed by atoms with Gasteiger partial charge in [0.15, 0.2) is 0 Å². The Hall–Kier alpha value is -0.591. The molecule has 1 saturated heterocycles. The summed E-state index contributed by atoms with van der Waals surface area (Å²) in [6, 6.07) is 9.64. The van der Waals surface area contributed by atoms with Crippen molar-refractivity contribution < 1.29 is 19.4 Å². The third-order valence-electron chi connectivity index (χ3n) is 7.08. The Morgan fingerprint density at radius 1 is 1.10 bits per heavy atom. The van der Waals surface area contributed by atoms with E-state index in [0.717, 1.165) is 24.8 Å². The predicted molar refractivity (Wildman–Crippen MR) is 125 cm³/mol. The molecule has 30 heavy (non-hydrogen) atoms. The fraction of sp³-hybridized carbons (Fsp3) is 0.720. The van der Waals surface area contributed by atoms with E-state index < -0.39 is 29.9 Å². The molecule has 170 valence electrons. The minimum absolute atomic E-state index is 0.126. The number of carbonyl (C=O) groups is 1. The maximum atomic E-state index is 13.4. The summed E-state index contributed by atoms with van der Waals surface area (Å²) in [5.74, 6) is -0.285. The average molecular weight is 525 g/mol. The molecule has 0 unspecified atom stereocenters. The summed E-state index contributed by atoms with van der Waals surface area (Å²) in [7, 11) is 1.46. The van der Waals surface area contributed by atoms with Gasteiger partial charge in [0.1, 0.15) is 0 Å². The van der Waals surface area contributed by atoms with Crippen LogP contribution >= 0.6 is 0 Å². The molecule has 1 heterocycles. The molecule has 1 aliphatic rings. The van der Waals surface area contributed by atoms with Crippen LogP contribution in [0.1, 0.15) is 77.4 Å². The Balaban J connectivity index is 2.57. The first-order valence-corrected chi connectivity index (χ1v) is 19.7. The van der Waals surface area contributed by atoms with E-state index in [1.54, 1.807) is 0 Å². The Bertz CT molecular complexity index is 614. The van der Waals surface area contributed by atoms with Crippen molar-refractivity contribution in [2.45, 2.75) is 89.3 Å². The third kappa shape index (κ3) is 5.42. The van der Waals surface area contributed by atoms with E-state index in [1.165, 1.54) is 39.7 Å². The fourth-order valence-electron chi connectivity index (χ4n) is 5.43. The van der Waals surface area contributed by atoms with Crippen LogP contribution in [-0.2, 0) is 14.3 Å². The summed E-state index contributed by atoms with van der Waals surface area (Å²) >= 11 is -2.99. The number of unbranched alkanes of at least 4 members (excludes halogenated alkanes) is 3. The summed E-state index contributed by atoms with van der Waals surface area (Å²) in [6.45, 7) is 7.28. The van der Waals surface area contributed by atoms with Crippen LogP contribution in [0.2, 0.25) is 13.3 Å². The molecule has 2 rings (SSSR count). The number of benzene rings is 1. The molecular formula is C25H42O4Sn. The maximum absolute atomic E-state index is 13.4. The monoisotopic (exact) mass is 526 g/mol. The predicted octanol–water partition coefficient (Wildman–Crippen LogP) is 6.06. The number of aliphatic hydroxyl groups excluding tert-OH is 1. The van der Waals surface area contributed by atoms with E-state index in [2.05, 4.69) is 20.8 Å². The SMILES string of the molecule is CCC[CH2][Sn]([CH2]CCC)([CH2]CCC)[C@H]1OCC[C@]1(C(=O)OC)[C@@H](O)c1ccccc1. The molecule has 1 aromatic carbocycles. The molecule has 1 aromatic rings. The zero-order valence-electron chi connectivity index (χ0n) is 19.5. The van der Waals surface area contributed by atoms with Crippen LogP contribution in [0.5, 0.6) is 0 Å². The molecule has 0 radical (unpaired) electrons. The number of carbonyl (C=O) groups excluding carboxylic acids is 1. The van der Waals surface area contributed by atoms with Gasteiger partial charge in [0.25, 0.3) is 0 Å². The van der Waals surface area contributed by atoms with Crippen LogP contribution in [0, 0.1) is 5.41 Å². The van der Waals surface area contributed by atoms with Gasteiger partial charge in [-0.2, -0.15) is 0 Å². The van der Waals surface area contributed by atoms with Crippen LogP contribution in [-0.4, -0.2) is 47.3 Å². The first kappa shape index (κ1) is 25.7. The zero-order valence-corrected chi connectivity index (χ0v) is 22.3. The molecule has 0 spiro atoms. The van der Waals surface area contributed by atoms with Gasteiger partial charge in [-0.1, -0.05) is 0 Å². The number of esters is 1. The average Bonchev–Trinajstić information content (AvgIpc) is 3.25. The van der Waals surface area contributed by atoms with Gasteiger partial charge in [-0.15, -0.1) is 0 Å². The number of rotatable bonds is 13. The molecule has 0 saturated carbocycles. The summed E-state index contributed by atoms with van der Waals surface area (Å²) in [4.78, 5) is 13.4. The fourth-order valence-corrected chi connectivity index (χ4v) is 24.5. The number of ether oxygens (including phenoxy) is 2. The van der Waals surface area contributed by atoms with Gasteiger partial charge in [-0.3, -0.25) is 0 Å². The van der Waals surface area contributed by atoms with Crippen LogP contribution in [0.3, 0.4) is 0 Å².